The zero-order valence-electron chi connectivity index (χ0n) is 27.9. The van der Waals surface area contributed by atoms with E-state index >= 15 is 0 Å². The fraction of sp³-hybridized carbons (Fsp3) is 0.559. The Kier molecular flexibility index (Phi) is 14.6. The molecule has 2 aromatic rings. The second-order valence-corrected chi connectivity index (χ2v) is 12.9. The Labute approximate surface area is 267 Å². The summed E-state index contributed by atoms with van der Waals surface area (Å²) in [6, 6.07) is 12.5. The van der Waals surface area contributed by atoms with Gasteiger partial charge in [0.05, 0.1) is 25.2 Å². The molecule has 2 heterocycles. The minimum Gasteiger partial charge on any atom is -0.469 e. The molecule has 11 heteroatoms. The van der Waals surface area contributed by atoms with E-state index in [1.807, 2.05) is 51.1 Å². The van der Waals surface area contributed by atoms with E-state index in [0.717, 1.165) is 18.5 Å². The Morgan fingerprint density at radius 2 is 1.69 bits per heavy atom. The molecule has 1 aliphatic heterocycles. The molecule has 1 fully saturated rings. The molecular weight excluding hydrogens is 578 g/mol. The van der Waals surface area contributed by atoms with Gasteiger partial charge in [0.1, 0.15) is 11.2 Å². The summed E-state index contributed by atoms with van der Waals surface area (Å²) in [7, 11) is 3.57. The molecule has 3 unspecified atom stereocenters. The lowest BCUT2D eigenvalue weighted by Gasteiger charge is -2.37. The highest BCUT2D eigenvalue weighted by Crippen LogP contribution is 2.30. The van der Waals surface area contributed by atoms with Gasteiger partial charge in [-0.05, 0) is 79.6 Å². The second kappa shape index (κ2) is 17.6. The molecule has 248 valence electrons. The summed E-state index contributed by atoms with van der Waals surface area (Å²) in [6.07, 6.45) is 6.63. The zero-order valence-corrected chi connectivity index (χ0v) is 27.9. The van der Waals surface area contributed by atoms with Crippen LogP contribution in [0.1, 0.15) is 82.6 Å². The number of amides is 1. The van der Waals surface area contributed by atoms with E-state index in [0.29, 0.717) is 12.0 Å². The molecular formula is C34H50N3O8+. The molecule has 3 rings (SSSR count). The number of likely N-dealkylation sites (N-methyl/N-ethyl adjacent to an activating group) is 1. The number of pyridine rings is 1. The lowest BCUT2D eigenvalue weighted by Crippen LogP contribution is -2.48. The van der Waals surface area contributed by atoms with Crippen LogP contribution >= 0.6 is 0 Å². The van der Waals surface area contributed by atoms with Crippen LogP contribution in [0.15, 0.2) is 54.9 Å². The average Bonchev–Trinajstić information content (AvgIpc) is 2.98. The first-order valence-corrected chi connectivity index (χ1v) is 15.2. The van der Waals surface area contributed by atoms with Gasteiger partial charge in [0.25, 0.3) is 19.1 Å². The largest absolute Gasteiger partial charge is 0.469 e. The maximum absolute atomic E-state index is 12.6. The Balaban J connectivity index is 0.000000338. The number of aromatic nitrogens is 1. The SMILES string of the molecule is CC(C)(C)OCC(NC(=O)c1ccc[n+](COC=O)c1)C(=O)OC(C)(C)C.COC(=O)C(c1ccccc1)C1CCCCN1C. The summed E-state index contributed by atoms with van der Waals surface area (Å²) in [6.45, 7) is 12.2. The van der Waals surface area contributed by atoms with Gasteiger partial charge in [-0.25, -0.2) is 4.79 Å². The second-order valence-electron chi connectivity index (χ2n) is 12.9. The molecule has 45 heavy (non-hydrogen) atoms. The minimum absolute atomic E-state index is 0.0206. The fourth-order valence-corrected chi connectivity index (χ4v) is 4.79. The van der Waals surface area contributed by atoms with Crippen molar-refractivity contribution in [3.8, 4) is 0 Å². The van der Waals surface area contributed by atoms with Gasteiger partial charge in [0, 0.05) is 12.1 Å². The van der Waals surface area contributed by atoms with Crippen molar-refractivity contribution in [1.82, 2.24) is 10.2 Å². The van der Waals surface area contributed by atoms with Gasteiger partial charge in [-0.15, -0.1) is 0 Å². The van der Waals surface area contributed by atoms with Crippen LogP contribution in [0.2, 0.25) is 0 Å². The van der Waals surface area contributed by atoms with Crippen molar-refractivity contribution < 1.29 is 42.7 Å². The quantitative estimate of drug-likeness (QED) is 0.171. The number of hydrogen-bond acceptors (Lipinski definition) is 9. The van der Waals surface area contributed by atoms with Crippen molar-refractivity contribution >= 4 is 24.3 Å². The number of likely N-dealkylation sites (tertiary alicyclic amines) is 1. The third kappa shape index (κ3) is 13.4. The molecule has 1 N–H and O–H groups in total. The Morgan fingerprint density at radius 1 is 1.00 bits per heavy atom. The summed E-state index contributed by atoms with van der Waals surface area (Å²) >= 11 is 0. The molecule has 0 bridgehead atoms. The molecule has 0 saturated carbocycles. The van der Waals surface area contributed by atoms with E-state index in [1.54, 1.807) is 39.1 Å². The Bertz CT molecular complexity index is 1240. The standard InChI is InChI=1S/C19H28N2O6.C15H21NO2/c1-18(2,3)26-11-15(17(24)27-19(4,5)6)20-16(23)14-8-7-9-21(10-14)12-25-13-22;1-16-11-7-6-10-13(16)14(15(17)18-2)12-8-4-3-5-9-12/h7-10,13,15H,11-12H2,1-6H3;3-5,8-9,13-14H,6-7,10-11H2,1-2H3/p+1. The number of piperidine rings is 1. The van der Waals surface area contributed by atoms with Crippen LogP contribution in [0.4, 0.5) is 0 Å². The van der Waals surface area contributed by atoms with Gasteiger partial charge in [0.2, 0.25) is 0 Å². The molecule has 1 aliphatic rings. The highest BCUT2D eigenvalue weighted by atomic mass is 16.6. The number of esters is 2. The lowest BCUT2D eigenvalue weighted by atomic mass is 9.85. The molecule has 1 amide bonds. The summed E-state index contributed by atoms with van der Waals surface area (Å²) in [5.74, 6) is -1.33. The first-order valence-electron chi connectivity index (χ1n) is 15.2. The first-order chi connectivity index (χ1) is 21.1. The first kappa shape index (κ1) is 37.4. The van der Waals surface area contributed by atoms with Gasteiger partial charge in [0.15, 0.2) is 18.4 Å². The van der Waals surface area contributed by atoms with Gasteiger partial charge in [-0.1, -0.05) is 36.8 Å². The third-order valence-electron chi connectivity index (χ3n) is 6.92. The normalized spacial score (nSPS) is 16.7. The molecule has 0 aliphatic carbocycles. The summed E-state index contributed by atoms with van der Waals surface area (Å²) in [4.78, 5) is 49.7. The van der Waals surface area contributed by atoms with Crippen LogP contribution in [-0.4, -0.2) is 79.8 Å². The topological polar surface area (TPSA) is 124 Å². The van der Waals surface area contributed by atoms with Crippen molar-refractivity contribution in [2.45, 2.75) is 96.7 Å². The average molecular weight is 629 g/mol. The van der Waals surface area contributed by atoms with Crippen molar-refractivity contribution in [2.75, 3.05) is 27.3 Å². The summed E-state index contributed by atoms with van der Waals surface area (Å²) in [5.41, 5.74) is 0.191. The number of benzene rings is 1. The Hall–Kier alpha value is -3.83. The number of nitrogens with zero attached hydrogens (tertiary/aromatic N) is 2. The van der Waals surface area contributed by atoms with E-state index in [-0.39, 0.29) is 31.3 Å². The Morgan fingerprint density at radius 3 is 2.27 bits per heavy atom. The number of methoxy groups -OCH3 is 1. The number of ether oxygens (including phenoxy) is 4. The maximum atomic E-state index is 12.6. The molecule has 11 nitrogen and oxygen atoms in total. The highest BCUT2D eigenvalue weighted by molar-refractivity contribution is 5.96. The number of hydrogen-bond donors (Lipinski definition) is 1. The van der Waals surface area contributed by atoms with Crippen LogP contribution in [0.25, 0.3) is 0 Å². The van der Waals surface area contributed by atoms with Crippen molar-refractivity contribution in [2.24, 2.45) is 0 Å². The molecule has 0 radical (unpaired) electrons. The van der Waals surface area contributed by atoms with E-state index in [2.05, 4.69) is 22.0 Å². The molecule has 3 atom stereocenters. The predicted octanol–water partition coefficient (Wildman–Crippen LogP) is 3.79. The van der Waals surface area contributed by atoms with Crippen LogP contribution in [0, 0.1) is 0 Å². The van der Waals surface area contributed by atoms with Crippen LogP contribution in [-0.2, 0) is 40.1 Å². The van der Waals surface area contributed by atoms with Crippen LogP contribution in [0.3, 0.4) is 0 Å². The van der Waals surface area contributed by atoms with Crippen LogP contribution < -0.4 is 9.88 Å². The lowest BCUT2D eigenvalue weighted by molar-refractivity contribution is -0.727. The van der Waals surface area contributed by atoms with Crippen molar-refractivity contribution in [3.63, 3.8) is 0 Å². The van der Waals surface area contributed by atoms with E-state index in [4.69, 9.17) is 14.2 Å². The molecule has 1 saturated heterocycles. The maximum Gasteiger partial charge on any atom is 0.331 e. The summed E-state index contributed by atoms with van der Waals surface area (Å²) in [5, 5.41) is 2.65. The number of nitrogens with one attached hydrogen (secondary N) is 1. The van der Waals surface area contributed by atoms with Gasteiger partial charge < -0.3 is 29.2 Å². The number of carbonyl (C=O) groups excluding carboxylic acids is 4. The van der Waals surface area contributed by atoms with Crippen LogP contribution in [0.5, 0.6) is 0 Å². The molecule has 0 spiro atoms. The number of carbonyl (C=O) groups is 4. The van der Waals surface area contributed by atoms with E-state index in [1.165, 1.54) is 30.7 Å². The number of rotatable bonds is 11. The van der Waals surface area contributed by atoms with E-state index in [9.17, 15) is 19.2 Å². The summed E-state index contributed by atoms with van der Waals surface area (Å²) < 4.78 is 22.2. The predicted molar refractivity (Wildman–Crippen MR) is 168 cm³/mol. The highest BCUT2D eigenvalue weighted by Gasteiger charge is 2.34. The van der Waals surface area contributed by atoms with Gasteiger partial charge in [-0.3, -0.25) is 14.4 Å². The van der Waals surface area contributed by atoms with Gasteiger partial charge in [-0.2, -0.15) is 4.57 Å². The molecule has 1 aromatic carbocycles. The van der Waals surface area contributed by atoms with E-state index < -0.39 is 29.1 Å². The molecule has 1 aromatic heterocycles. The monoisotopic (exact) mass is 628 g/mol. The zero-order chi connectivity index (χ0) is 33.6. The third-order valence-corrected chi connectivity index (χ3v) is 6.92. The van der Waals surface area contributed by atoms with Crippen molar-refractivity contribution in [3.05, 3.63) is 66.0 Å². The van der Waals surface area contributed by atoms with Gasteiger partial charge >= 0.3 is 11.9 Å². The fourth-order valence-electron chi connectivity index (χ4n) is 4.79. The smallest absolute Gasteiger partial charge is 0.331 e. The van der Waals surface area contributed by atoms with Crippen molar-refractivity contribution in [1.29, 1.82) is 0 Å². The minimum atomic E-state index is -0.962.